The van der Waals surface area contributed by atoms with Crippen LogP contribution >= 0.6 is 11.3 Å². The molecule has 0 spiro atoms. The summed E-state index contributed by atoms with van der Waals surface area (Å²) in [7, 11) is 1.73. The molecule has 1 rings (SSSR count). The summed E-state index contributed by atoms with van der Waals surface area (Å²) in [5, 5.41) is 3.72. The summed E-state index contributed by atoms with van der Waals surface area (Å²) in [4.78, 5) is 18.2. The van der Waals surface area contributed by atoms with Crippen molar-refractivity contribution in [3.05, 3.63) is 17.0 Å². The quantitative estimate of drug-likeness (QED) is 0.786. The number of carbonyl (C=O) groups is 1. The summed E-state index contributed by atoms with van der Waals surface area (Å²) >= 11 is 1.28. The maximum absolute atomic E-state index is 12.1. The molecule has 0 saturated heterocycles. The first kappa shape index (κ1) is 13.5. The van der Waals surface area contributed by atoms with Crippen molar-refractivity contribution in [3.63, 3.8) is 0 Å². The fraction of sp³-hybridized carbons (Fsp3) is 0.455. The molecular weight excluding hydrogens is 236 g/mol. The van der Waals surface area contributed by atoms with E-state index in [1.54, 1.807) is 11.9 Å². The number of nitrogens with one attached hydrogen (secondary N) is 1. The molecule has 0 aromatic carbocycles. The summed E-state index contributed by atoms with van der Waals surface area (Å²) < 4.78 is 0. The van der Waals surface area contributed by atoms with Gasteiger partial charge in [-0.1, -0.05) is 23.5 Å². The summed E-state index contributed by atoms with van der Waals surface area (Å²) in [6.45, 7) is 8.89. The first-order chi connectivity index (χ1) is 7.95. The standard InChI is InChI=1S/C11H18N4OS/c1-5-13-11-14-9(12)8(17-11)10(16)15(4)6-7(2)3/h2,5-6,12H2,1,3-4H3,(H,13,14). The van der Waals surface area contributed by atoms with E-state index < -0.39 is 0 Å². The molecule has 0 fully saturated rings. The third-order valence-corrected chi connectivity index (χ3v) is 3.05. The van der Waals surface area contributed by atoms with Gasteiger partial charge in [0.2, 0.25) is 0 Å². The van der Waals surface area contributed by atoms with Gasteiger partial charge in [-0.25, -0.2) is 4.98 Å². The van der Waals surface area contributed by atoms with Gasteiger partial charge >= 0.3 is 0 Å². The molecule has 0 saturated carbocycles. The molecule has 94 valence electrons. The van der Waals surface area contributed by atoms with Gasteiger partial charge in [0.1, 0.15) is 10.7 Å². The second kappa shape index (κ2) is 5.67. The van der Waals surface area contributed by atoms with Gasteiger partial charge < -0.3 is 16.0 Å². The summed E-state index contributed by atoms with van der Waals surface area (Å²) in [5.41, 5.74) is 6.66. The second-order valence-electron chi connectivity index (χ2n) is 3.88. The third-order valence-electron chi connectivity index (χ3n) is 2.03. The van der Waals surface area contributed by atoms with E-state index in [9.17, 15) is 4.79 Å². The van der Waals surface area contributed by atoms with E-state index >= 15 is 0 Å². The average Bonchev–Trinajstić information content (AvgIpc) is 2.58. The maximum Gasteiger partial charge on any atom is 0.267 e. The van der Waals surface area contributed by atoms with Gasteiger partial charge in [-0.2, -0.15) is 0 Å². The molecule has 1 heterocycles. The Morgan fingerprint density at radius 1 is 1.65 bits per heavy atom. The van der Waals surface area contributed by atoms with Crippen molar-refractivity contribution in [2.75, 3.05) is 31.2 Å². The van der Waals surface area contributed by atoms with Crippen molar-refractivity contribution in [1.82, 2.24) is 9.88 Å². The molecule has 0 radical (unpaired) electrons. The lowest BCUT2D eigenvalue weighted by Crippen LogP contribution is -2.28. The van der Waals surface area contributed by atoms with Crippen LogP contribution in [-0.2, 0) is 0 Å². The number of amides is 1. The molecule has 1 aromatic rings. The van der Waals surface area contributed by atoms with Gasteiger partial charge in [-0.05, 0) is 13.8 Å². The number of carbonyl (C=O) groups excluding carboxylic acids is 1. The van der Waals surface area contributed by atoms with E-state index in [1.807, 2.05) is 13.8 Å². The van der Waals surface area contributed by atoms with Crippen LogP contribution in [0, 0.1) is 0 Å². The Bertz CT molecular complexity index is 427. The summed E-state index contributed by atoms with van der Waals surface area (Å²) in [5.74, 6) is 0.164. The van der Waals surface area contributed by atoms with Crippen molar-refractivity contribution >= 4 is 28.2 Å². The minimum Gasteiger partial charge on any atom is -0.382 e. The van der Waals surface area contributed by atoms with E-state index in [0.717, 1.165) is 12.1 Å². The number of thiazole rings is 1. The van der Waals surface area contributed by atoms with Crippen molar-refractivity contribution < 1.29 is 4.79 Å². The van der Waals surface area contributed by atoms with E-state index in [-0.39, 0.29) is 11.7 Å². The number of nitrogens with two attached hydrogens (primary N) is 1. The zero-order chi connectivity index (χ0) is 13.0. The first-order valence-corrected chi connectivity index (χ1v) is 6.17. The molecule has 0 aliphatic carbocycles. The van der Waals surface area contributed by atoms with Gasteiger partial charge in [-0.3, -0.25) is 4.79 Å². The molecule has 0 bridgehead atoms. The van der Waals surface area contributed by atoms with Crippen LogP contribution in [0.4, 0.5) is 10.9 Å². The van der Waals surface area contributed by atoms with E-state index in [0.29, 0.717) is 16.6 Å². The Balaban J connectivity index is 2.84. The first-order valence-electron chi connectivity index (χ1n) is 5.35. The lowest BCUT2D eigenvalue weighted by molar-refractivity contribution is 0.0812. The fourth-order valence-electron chi connectivity index (χ4n) is 1.36. The lowest BCUT2D eigenvalue weighted by atomic mass is 10.3. The molecule has 0 aliphatic rings. The van der Waals surface area contributed by atoms with Gasteiger partial charge in [0.25, 0.3) is 5.91 Å². The Kier molecular flexibility index (Phi) is 4.51. The molecule has 1 amide bonds. The van der Waals surface area contributed by atoms with E-state index in [1.165, 1.54) is 11.3 Å². The van der Waals surface area contributed by atoms with Crippen LogP contribution in [0.5, 0.6) is 0 Å². The third kappa shape index (κ3) is 3.45. The van der Waals surface area contributed by atoms with Crippen LogP contribution < -0.4 is 11.1 Å². The zero-order valence-electron chi connectivity index (χ0n) is 10.4. The van der Waals surface area contributed by atoms with Gasteiger partial charge in [-0.15, -0.1) is 0 Å². The number of likely N-dealkylation sites (N-methyl/N-ethyl adjacent to an activating group) is 1. The molecular formula is C11H18N4OS. The van der Waals surface area contributed by atoms with Crippen LogP contribution in [-0.4, -0.2) is 35.9 Å². The molecule has 0 aliphatic heterocycles. The number of hydrogen-bond donors (Lipinski definition) is 2. The predicted octanol–water partition coefficient (Wildman–Crippen LogP) is 1.81. The highest BCUT2D eigenvalue weighted by molar-refractivity contribution is 7.18. The number of hydrogen-bond acceptors (Lipinski definition) is 5. The number of aromatic nitrogens is 1. The minimum absolute atomic E-state index is 0.118. The van der Waals surface area contributed by atoms with Crippen LogP contribution in [0.25, 0.3) is 0 Å². The Morgan fingerprint density at radius 2 is 2.29 bits per heavy atom. The van der Waals surface area contributed by atoms with Crippen molar-refractivity contribution in [1.29, 1.82) is 0 Å². The molecule has 3 N–H and O–H groups in total. The van der Waals surface area contributed by atoms with Gasteiger partial charge in [0.15, 0.2) is 5.13 Å². The van der Waals surface area contributed by atoms with Crippen molar-refractivity contribution in [3.8, 4) is 0 Å². The molecule has 6 heteroatoms. The average molecular weight is 254 g/mol. The molecule has 17 heavy (non-hydrogen) atoms. The van der Waals surface area contributed by atoms with Crippen LogP contribution in [0.15, 0.2) is 12.2 Å². The minimum atomic E-state index is -0.118. The SMILES string of the molecule is C=C(C)CN(C)C(=O)c1sc(NCC)nc1N. The second-order valence-corrected chi connectivity index (χ2v) is 4.88. The van der Waals surface area contributed by atoms with Crippen molar-refractivity contribution in [2.24, 2.45) is 0 Å². The fourth-order valence-corrected chi connectivity index (χ4v) is 2.31. The summed E-state index contributed by atoms with van der Waals surface area (Å²) in [6, 6.07) is 0. The molecule has 5 nitrogen and oxygen atoms in total. The van der Waals surface area contributed by atoms with E-state index in [2.05, 4.69) is 16.9 Å². The van der Waals surface area contributed by atoms with Crippen molar-refractivity contribution in [2.45, 2.75) is 13.8 Å². The van der Waals surface area contributed by atoms with Crippen LogP contribution in [0.3, 0.4) is 0 Å². The van der Waals surface area contributed by atoms with E-state index in [4.69, 9.17) is 5.73 Å². The molecule has 0 atom stereocenters. The number of nitrogen functional groups attached to an aromatic ring is 1. The predicted molar refractivity (Wildman–Crippen MR) is 72.5 cm³/mol. The molecule has 0 unspecified atom stereocenters. The largest absolute Gasteiger partial charge is 0.382 e. The number of anilines is 2. The smallest absolute Gasteiger partial charge is 0.267 e. The van der Waals surface area contributed by atoms with Crippen LogP contribution in [0.2, 0.25) is 0 Å². The number of rotatable bonds is 5. The molecule has 1 aromatic heterocycles. The highest BCUT2D eigenvalue weighted by atomic mass is 32.1. The van der Waals surface area contributed by atoms with Gasteiger partial charge in [0.05, 0.1) is 0 Å². The number of nitrogens with zero attached hydrogens (tertiary/aromatic N) is 2. The Hall–Kier alpha value is -1.56. The topological polar surface area (TPSA) is 71.2 Å². The monoisotopic (exact) mass is 254 g/mol. The van der Waals surface area contributed by atoms with Crippen LogP contribution in [0.1, 0.15) is 23.5 Å². The summed E-state index contributed by atoms with van der Waals surface area (Å²) in [6.07, 6.45) is 0. The highest BCUT2D eigenvalue weighted by Gasteiger charge is 2.19. The maximum atomic E-state index is 12.1. The zero-order valence-corrected chi connectivity index (χ0v) is 11.2. The normalized spacial score (nSPS) is 10.1. The highest BCUT2D eigenvalue weighted by Crippen LogP contribution is 2.25. The lowest BCUT2D eigenvalue weighted by Gasteiger charge is -2.15. The Labute approximate surface area is 105 Å². The Morgan fingerprint density at radius 3 is 2.82 bits per heavy atom. The van der Waals surface area contributed by atoms with Gasteiger partial charge in [0, 0.05) is 20.1 Å².